The van der Waals surface area contributed by atoms with E-state index < -0.39 is 0 Å². The molecule has 0 saturated heterocycles. The first-order valence-corrected chi connectivity index (χ1v) is 12.6. The van der Waals surface area contributed by atoms with Gasteiger partial charge in [-0.3, -0.25) is 0 Å². The predicted octanol–water partition coefficient (Wildman–Crippen LogP) is 6.33. The van der Waals surface area contributed by atoms with Gasteiger partial charge in [0.2, 0.25) is 0 Å². The monoisotopic (exact) mass is 662 g/mol. The molecule has 0 spiro atoms. The summed E-state index contributed by atoms with van der Waals surface area (Å²) in [5.74, 6) is 2.37. The van der Waals surface area contributed by atoms with Crippen LogP contribution in [0.25, 0.3) is 27.6 Å². The van der Waals surface area contributed by atoms with Crippen molar-refractivity contribution in [1.82, 2.24) is 14.5 Å². The molecule has 0 amide bonds. The van der Waals surface area contributed by atoms with Crippen molar-refractivity contribution in [3.8, 4) is 17.3 Å². The number of nitrogens with zero attached hydrogens (tertiary/aromatic N) is 4. The van der Waals surface area contributed by atoms with E-state index >= 15 is 0 Å². The Morgan fingerprint density at radius 3 is 2.68 bits per heavy atom. The Labute approximate surface area is 230 Å². The second-order valence-corrected chi connectivity index (χ2v) is 9.68. The molecule has 3 aliphatic heterocycles. The molecular weight excluding hydrogens is 639 g/mol. The van der Waals surface area contributed by atoms with Gasteiger partial charge in [0.25, 0.3) is 0 Å². The number of aromatic nitrogens is 2. The maximum Gasteiger partial charge on any atom is 0.139 e. The molecule has 186 valence electrons. The van der Waals surface area contributed by atoms with Crippen molar-refractivity contribution in [3.63, 3.8) is 0 Å². The average molecular weight is 663 g/mol. The predicted molar refractivity (Wildman–Crippen MR) is 141 cm³/mol. The Morgan fingerprint density at radius 1 is 0.811 bits per heavy atom. The van der Waals surface area contributed by atoms with Gasteiger partial charge < -0.3 is 19.1 Å². The molecule has 0 atom stereocenters. The summed E-state index contributed by atoms with van der Waals surface area (Å²) in [4.78, 5) is 9.54. The van der Waals surface area contributed by atoms with Gasteiger partial charge in [-0.2, -0.15) is 18.8 Å². The topological polar surface area (TPSA) is 33.5 Å². The molecule has 5 heterocycles. The van der Waals surface area contributed by atoms with Crippen LogP contribution in [0.3, 0.4) is 0 Å². The van der Waals surface area contributed by atoms with Crippen molar-refractivity contribution in [1.29, 1.82) is 0 Å². The summed E-state index contributed by atoms with van der Waals surface area (Å²) in [7, 11) is 0. The van der Waals surface area contributed by atoms with E-state index in [2.05, 4.69) is 82.0 Å². The molecule has 0 N–H and O–H groups in total. The maximum absolute atomic E-state index is 6.32. The Hall–Kier alpha value is -3.56. The van der Waals surface area contributed by atoms with E-state index in [0.717, 1.165) is 54.9 Å². The molecule has 0 saturated carbocycles. The van der Waals surface area contributed by atoms with Crippen LogP contribution >= 0.6 is 0 Å². The molecule has 0 aliphatic carbocycles. The van der Waals surface area contributed by atoms with Crippen LogP contribution in [0.4, 0.5) is 5.69 Å². The third kappa shape index (κ3) is 3.67. The van der Waals surface area contributed by atoms with Crippen LogP contribution in [0.5, 0.6) is 11.5 Å². The Balaban J connectivity index is 0.00000231. The van der Waals surface area contributed by atoms with Gasteiger partial charge in [-0.1, -0.05) is 29.8 Å². The van der Waals surface area contributed by atoms with Crippen molar-refractivity contribution < 1.29 is 25.8 Å². The van der Waals surface area contributed by atoms with Crippen LogP contribution in [0.1, 0.15) is 23.2 Å². The van der Waals surface area contributed by atoms with Crippen molar-refractivity contribution in [2.45, 2.75) is 25.7 Å². The van der Waals surface area contributed by atoms with E-state index in [1.807, 2.05) is 24.3 Å². The fourth-order valence-electron chi connectivity index (χ4n) is 5.71. The fraction of sp³-hybridized carbons (Fsp3) is 0.161. The second-order valence-electron chi connectivity index (χ2n) is 9.68. The van der Waals surface area contributed by atoms with Crippen LogP contribution in [0, 0.1) is 18.8 Å². The number of hydrogen-bond donors (Lipinski definition) is 0. The first-order valence-electron chi connectivity index (χ1n) is 12.6. The molecule has 37 heavy (non-hydrogen) atoms. The van der Waals surface area contributed by atoms with Crippen molar-refractivity contribution in [2.24, 2.45) is 0 Å². The first-order chi connectivity index (χ1) is 17.8. The zero-order chi connectivity index (χ0) is 23.6. The summed E-state index contributed by atoms with van der Waals surface area (Å²) >= 11 is 0. The van der Waals surface area contributed by atoms with E-state index in [-0.39, 0.29) is 21.1 Å². The van der Waals surface area contributed by atoms with Gasteiger partial charge in [0, 0.05) is 43.8 Å². The summed E-state index contributed by atoms with van der Waals surface area (Å²) in [6, 6.07) is 28.3. The third-order valence-corrected chi connectivity index (χ3v) is 7.44. The largest absolute Gasteiger partial charge is 0.509 e. The fourth-order valence-corrected chi connectivity index (χ4v) is 5.71. The molecule has 8 bridgehead atoms. The van der Waals surface area contributed by atoms with Gasteiger partial charge in [-0.25, -0.2) is 4.98 Å². The molecule has 6 heteroatoms. The molecule has 3 aromatic carbocycles. The van der Waals surface area contributed by atoms with Crippen molar-refractivity contribution in [3.05, 3.63) is 109 Å². The standard InChI is InChI=1S/C31H23N4O.Pt/c1-4-21-9-10-22-11-12-23-5-3-15-33-16-17-34(20-33)24-6-2-7-25(18-24)36-26-13-14-27-28(8-1)30(21)35(29(27)19-26)31(22)32-23;/h1-2,4,6-8,11-14,16-17,20H,3,5,9-10,15H2;/q-3;. The van der Waals surface area contributed by atoms with Crippen LogP contribution in [0.15, 0.2) is 73.1 Å². The quantitative estimate of drug-likeness (QED) is 0.182. The Morgan fingerprint density at radius 2 is 1.70 bits per heavy atom. The minimum Gasteiger partial charge on any atom is -0.509 e. The van der Waals surface area contributed by atoms with E-state index in [4.69, 9.17) is 9.72 Å². The number of ether oxygens (including phenoxy) is 1. The number of para-hydroxylation sites is 1. The van der Waals surface area contributed by atoms with E-state index in [1.165, 1.54) is 27.4 Å². The minimum atomic E-state index is 0. The van der Waals surface area contributed by atoms with Crippen molar-refractivity contribution >= 4 is 27.5 Å². The number of aryl methyl sites for hydroxylation is 3. The SMILES string of the molecule is [Pt].[c-]1c2cccc1N1C=CN([CH-]1)CCCc1ccc3c(n1)-n1c4[c-]c(ccc4c4cccc(c41)CC3)O2. The molecule has 3 aliphatic rings. The third-order valence-electron chi connectivity index (χ3n) is 7.44. The van der Waals surface area contributed by atoms with Crippen LogP contribution in [0.2, 0.25) is 0 Å². The normalized spacial score (nSPS) is 15.8. The van der Waals surface area contributed by atoms with Gasteiger partial charge in [0.15, 0.2) is 0 Å². The van der Waals surface area contributed by atoms with E-state index in [1.54, 1.807) is 0 Å². The summed E-state index contributed by atoms with van der Waals surface area (Å²) in [6.45, 7) is 3.03. The summed E-state index contributed by atoms with van der Waals surface area (Å²) < 4.78 is 8.64. The molecule has 0 radical (unpaired) electrons. The smallest absolute Gasteiger partial charge is 0.139 e. The number of pyridine rings is 1. The molecule has 5 nitrogen and oxygen atoms in total. The van der Waals surface area contributed by atoms with Crippen LogP contribution in [-0.2, 0) is 40.3 Å². The van der Waals surface area contributed by atoms with Crippen LogP contribution < -0.4 is 9.64 Å². The molecule has 0 fully saturated rings. The Bertz CT molecular complexity index is 1710. The summed E-state index contributed by atoms with van der Waals surface area (Å²) in [5.41, 5.74) is 6.95. The molecule has 8 rings (SSSR count). The summed E-state index contributed by atoms with van der Waals surface area (Å²) in [5, 5.41) is 2.41. The summed E-state index contributed by atoms with van der Waals surface area (Å²) in [6.07, 6.45) is 8.09. The minimum absolute atomic E-state index is 0. The number of benzene rings is 3. The second kappa shape index (κ2) is 8.78. The average Bonchev–Trinajstić information content (AvgIpc) is 3.46. The number of fused-ring (bicyclic) bond motifs is 8. The van der Waals surface area contributed by atoms with E-state index in [9.17, 15) is 0 Å². The molecule has 0 unspecified atom stereocenters. The van der Waals surface area contributed by atoms with Gasteiger partial charge in [-0.15, -0.1) is 41.4 Å². The van der Waals surface area contributed by atoms with Gasteiger partial charge in [0.1, 0.15) is 5.82 Å². The van der Waals surface area contributed by atoms with Gasteiger partial charge >= 0.3 is 0 Å². The zero-order valence-electron chi connectivity index (χ0n) is 20.1. The van der Waals surface area contributed by atoms with Crippen molar-refractivity contribution in [2.75, 3.05) is 11.4 Å². The van der Waals surface area contributed by atoms with Crippen LogP contribution in [-0.4, -0.2) is 21.0 Å². The number of hydrogen-bond acceptors (Lipinski definition) is 4. The molecular formula is C31H23N4OPt-3. The number of anilines is 1. The Kier molecular flexibility index (Phi) is 5.37. The molecule has 5 aromatic rings. The van der Waals surface area contributed by atoms with Gasteiger partial charge in [-0.05, 0) is 67.2 Å². The zero-order valence-corrected chi connectivity index (χ0v) is 22.3. The number of rotatable bonds is 0. The van der Waals surface area contributed by atoms with Gasteiger partial charge in [0.05, 0.1) is 0 Å². The first kappa shape index (κ1) is 22.6. The maximum atomic E-state index is 6.32. The molecule has 2 aromatic heterocycles. The van der Waals surface area contributed by atoms with E-state index in [0.29, 0.717) is 11.5 Å².